The van der Waals surface area contributed by atoms with Crippen molar-refractivity contribution < 1.29 is 8.42 Å². The molecule has 5 N–H and O–H groups in total. The monoisotopic (exact) mass is 237 g/mol. The van der Waals surface area contributed by atoms with Crippen LogP contribution < -0.4 is 16.4 Å². The van der Waals surface area contributed by atoms with E-state index in [-0.39, 0.29) is 17.3 Å². The highest BCUT2D eigenvalue weighted by molar-refractivity contribution is 7.89. The van der Waals surface area contributed by atoms with Gasteiger partial charge < -0.3 is 5.43 Å². The SMILES string of the molecule is Cc1cc(S(N)(=O)=O)ccc1NN.Cl. The zero-order valence-electron chi connectivity index (χ0n) is 7.52. The number of nitrogen functional groups attached to an aromatic ring is 1. The molecule has 1 aromatic rings. The number of hydrogen-bond donors (Lipinski definition) is 3. The van der Waals surface area contributed by atoms with E-state index < -0.39 is 10.0 Å². The summed E-state index contributed by atoms with van der Waals surface area (Å²) in [5, 5.41) is 4.94. The van der Waals surface area contributed by atoms with E-state index in [1.54, 1.807) is 13.0 Å². The first-order valence-corrected chi connectivity index (χ1v) is 5.10. The predicted molar refractivity (Wildman–Crippen MR) is 57.6 cm³/mol. The van der Waals surface area contributed by atoms with Gasteiger partial charge in [0.25, 0.3) is 0 Å². The Morgan fingerprint density at radius 2 is 1.93 bits per heavy atom. The lowest BCUT2D eigenvalue weighted by atomic mass is 10.2. The number of primary sulfonamides is 1. The molecule has 5 nitrogen and oxygen atoms in total. The summed E-state index contributed by atoms with van der Waals surface area (Å²) in [5.41, 5.74) is 3.84. The van der Waals surface area contributed by atoms with Crippen LogP contribution in [0.5, 0.6) is 0 Å². The molecule has 0 saturated heterocycles. The molecule has 1 rings (SSSR count). The molecule has 0 unspecified atom stereocenters. The fourth-order valence-corrected chi connectivity index (χ4v) is 1.57. The second kappa shape index (κ2) is 4.61. The van der Waals surface area contributed by atoms with Crippen molar-refractivity contribution in [1.82, 2.24) is 0 Å². The normalized spacial score (nSPS) is 10.5. The number of benzene rings is 1. The van der Waals surface area contributed by atoms with Crippen molar-refractivity contribution in [3.63, 3.8) is 0 Å². The number of sulfonamides is 1. The maximum absolute atomic E-state index is 10.9. The van der Waals surface area contributed by atoms with Crippen molar-refractivity contribution in [3.8, 4) is 0 Å². The molecule has 0 amide bonds. The van der Waals surface area contributed by atoms with Gasteiger partial charge in [-0.1, -0.05) is 0 Å². The summed E-state index contributed by atoms with van der Waals surface area (Å²) in [6, 6.07) is 4.43. The van der Waals surface area contributed by atoms with Crippen molar-refractivity contribution in [1.29, 1.82) is 0 Å². The number of nitrogens with one attached hydrogen (secondary N) is 1. The first-order valence-electron chi connectivity index (χ1n) is 3.55. The molecule has 7 heteroatoms. The van der Waals surface area contributed by atoms with Crippen LogP contribution in [-0.2, 0) is 10.0 Å². The molecule has 0 bridgehead atoms. The highest BCUT2D eigenvalue weighted by atomic mass is 35.5. The molecule has 14 heavy (non-hydrogen) atoms. The molecular weight excluding hydrogens is 226 g/mol. The van der Waals surface area contributed by atoms with Crippen LogP contribution in [-0.4, -0.2) is 8.42 Å². The summed E-state index contributed by atoms with van der Waals surface area (Å²) < 4.78 is 21.8. The lowest BCUT2D eigenvalue weighted by molar-refractivity contribution is 0.597. The molecule has 0 radical (unpaired) electrons. The van der Waals surface area contributed by atoms with Gasteiger partial charge in [0.15, 0.2) is 0 Å². The van der Waals surface area contributed by atoms with Gasteiger partial charge >= 0.3 is 0 Å². The Kier molecular flexibility index (Phi) is 4.34. The standard InChI is InChI=1S/C7H11N3O2S.ClH/c1-5-4-6(13(9,11)12)2-3-7(5)10-8;/h2-4,10H,8H2,1H3,(H2,9,11,12);1H. The Bertz CT molecular complexity index is 419. The van der Waals surface area contributed by atoms with E-state index in [0.717, 1.165) is 5.56 Å². The van der Waals surface area contributed by atoms with E-state index >= 15 is 0 Å². The average molecular weight is 238 g/mol. The van der Waals surface area contributed by atoms with Gasteiger partial charge in [-0.3, -0.25) is 5.84 Å². The molecule has 0 aliphatic heterocycles. The van der Waals surface area contributed by atoms with E-state index in [9.17, 15) is 8.42 Å². The quantitative estimate of drug-likeness (QED) is 0.511. The fraction of sp³-hybridized carbons (Fsp3) is 0.143. The second-order valence-electron chi connectivity index (χ2n) is 2.67. The number of nitrogens with two attached hydrogens (primary N) is 2. The van der Waals surface area contributed by atoms with E-state index in [1.807, 2.05) is 0 Å². The van der Waals surface area contributed by atoms with Gasteiger partial charge in [-0.05, 0) is 30.7 Å². The molecule has 0 aromatic heterocycles. The molecule has 0 spiro atoms. The van der Waals surface area contributed by atoms with Crippen LogP contribution >= 0.6 is 12.4 Å². The molecule has 0 aliphatic carbocycles. The number of aryl methyl sites for hydroxylation is 1. The summed E-state index contributed by atoms with van der Waals surface area (Å²) in [6.07, 6.45) is 0. The van der Waals surface area contributed by atoms with E-state index in [4.69, 9.17) is 11.0 Å². The zero-order chi connectivity index (χ0) is 10.1. The van der Waals surface area contributed by atoms with Crippen LogP contribution in [0.15, 0.2) is 23.1 Å². The number of hydrogen-bond acceptors (Lipinski definition) is 4. The highest BCUT2D eigenvalue weighted by Gasteiger charge is 2.08. The molecule has 80 valence electrons. The minimum atomic E-state index is -3.62. The molecular formula is C7H12ClN3O2S. The third-order valence-electron chi connectivity index (χ3n) is 1.68. The lowest BCUT2D eigenvalue weighted by Crippen LogP contribution is -2.13. The molecule has 0 saturated carbocycles. The minimum Gasteiger partial charge on any atom is -0.324 e. The largest absolute Gasteiger partial charge is 0.324 e. The van der Waals surface area contributed by atoms with Crippen molar-refractivity contribution in [3.05, 3.63) is 23.8 Å². The molecule has 0 fully saturated rings. The number of halogens is 1. The summed E-state index contributed by atoms with van der Waals surface area (Å²) in [4.78, 5) is 0.0870. The second-order valence-corrected chi connectivity index (χ2v) is 4.23. The predicted octanol–water partition coefficient (Wildman–Crippen LogP) is 0.350. The highest BCUT2D eigenvalue weighted by Crippen LogP contribution is 2.17. The molecule has 0 aliphatic rings. The van der Waals surface area contributed by atoms with Crippen LogP contribution in [0.3, 0.4) is 0 Å². The first-order chi connectivity index (χ1) is 5.95. The van der Waals surface area contributed by atoms with Gasteiger partial charge in [0, 0.05) is 0 Å². The van der Waals surface area contributed by atoms with Gasteiger partial charge in [-0.25, -0.2) is 13.6 Å². The van der Waals surface area contributed by atoms with Gasteiger partial charge in [0.2, 0.25) is 10.0 Å². The van der Waals surface area contributed by atoms with Gasteiger partial charge in [-0.15, -0.1) is 12.4 Å². The molecule has 1 aromatic carbocycles. The van der Waals surface area contributed by atoms with Gasteiger partial charge in [0.1, 0.15) is 0 Å². The van der Waals surface area contributed by atoms with Crippen LogP contribution in [0.2, 0.25) is 0 Å². The molecule has 0 atom stereocenters. The summed E-state index contributed by atoms with van der Waals surface area (Å²) in [5.74, 6) is 5.18. The van der Waals surface area contributed by atoms with Crippen LogP contribution in [0.4, 0.5) is 5.69 Å². The number of hydrazine groups is 1. The first kappa shape index (κ1) is 13.2. The number of rotatable bonds is 2. The Hall–Kier alpha value is -0.820. The van der Waals surface area contributed by atoms with Crippen molar-refractivity contribution in [2.24, 2.45) is 11.0 Å². The van der Waals surface area contributed by atoms with Crippen molar-refractivity contribution in [2.75, 3.05) is 5.43 Å². The maximum Gasteiger partial charge on any atom is 0.238 e. The van der Waals surface area contributed by atoms with E-state index in [2.05, 4.69) is 5.43 Å². The van der Waals surface area contributed by atoms with Crippen molar-refractivity contribution >= 4 is 28.1 Å². The third-order valence-corrected chi connectivity index (χ3v) is 2.59. The van der Waals surface area contributed by atoms with Crippen LogP contribution in [0, 0.1) is 6.92 Å². The zero-order valence-corrected chi connectivity index (χ0v) is 9.15. The van der Waals surface area contributed by atoms with E-state index in [1.165, 1.54) is 12.1 Å². The van der Waals surface area contributed by atoms with Crippen LogP contribution in [0.1, 0.15) is 5.56 Å². The molecule has 0 heterocycles. The van der Waals surface area contributed by atoms with Gasteiger partial charge in [-0.2, -0.15) is 0 Å². The Morgan fingerprint density at radius 1 is 1.36 bits per heavy atom. The fourth-order valence-electron chi connectivity index (χ4n) is 0.975. The smallest absolute Gasteiger partial charge is 0.238 e. The van der Waals surface area contributed by atoms with Gasteiger partial charge in [0.05, 0.1) is 10.6 Å². The Labute approximate surface area is 88.9 Å². The Balaban J connectivity index is 0.00000169. The topological polar surface area (TPSA) is 98.2 Å². The summed E-state index contributed by atoms with van der Waals surface area (Å²) in [6.45, 7) is 1.74. The average Bonchev–Trinajstić information content (AvgIpc) is 2.02. The summed E-state index contributed by atoms with van der Waals surface area (Å²) in [7, 11) is -3.62. The number of anilines is 1. The summed E-state index contributed by atoms with van der Waals surface area (Å²) >= 11 is 0. The van der Waals surface area contributed by atoms with E-state index in [0.29, 0.717) is 5.69 Å². The lowest BCUT2D eigenvalue weighted by Gasteiger charge is -2.05. The third kappa shape index (κ3) is 2.85. The minimum absolute atomic E-state index is 0. The maximum atomic E-state index is 10.9. The van der Waals surface area contributed by atoms with Crippen molar-refractivity contribution in [2.45, 2.75) is 11.8 Å². The van der Waals surface area contributed by atoms with Crippen LogP contribution in [0.25, 0.3) is 0 Å². The Morgan fingerprint density at radius 3 is 2.29 bits per heavy atom.